The molecule has 2 aromatic rings. The second kappa shape index (κ2) is 4.44. The molecule has 84 valence electrons. The maximum absolute atomic E-state index is 5.72. The van der Waals surface area contributed by atoms with E-state index in [0.717, 1.165) is 18.7 Å². The van der Waals surface area contributed by atoms with Crippen molar-refractivity contribution in [1.29, 1.82) is 0 Å². The number of imidazole rings is 1. The van der Waals surface area contributed by atoms with Crippen LogP contribution in [0, 0.1) is 0 Å². The van der Waals surface area contributed by atoms with Crippen LogP contribution >= 0.6 is 11.6 Å². The molecule has 0 aliphatic carbocycles. The van der Waals surface area contributed by atoms with Gasteiger partial charge in [0.05, 0.1) is 0 Å². The van der Waals surface area contributed by atoms with Gasteiger partial charge in [0.15, 0.2) is 0 Å². The second-order valence-electron chi connectivity index (χ2n) is 3.23. The monoisotopic (exact) mass is 238 g/mol. The number of rotatable bonds is 3. The molecule has 0 aliphatic rings. The molecule has 0 fully saturated rings. The van der Waals surface area contributed by atoms with E-state index in [2.05, 4.69) is 26.9 Å². The van der Waals surface area contributed by atoms with Crippen molar-refractivity contribution in [2.24, 2.45) is 0 Å². The molecule has 0 radical (unpaired) electrons. The molecule has 16 heavy (non-hydrogen) atoms. The fourth-order valence-electron chi connectivity index (χ4n) is 1.39. The van der Waals surface area contributed by atoms with Crippen molar-refractivity contribution >= 4 is 17.5 Å². The Morgan fingerprint density at radius 3 is 2.88 bits per heavy atom. The molecular formula is C9H11ClN6. The maximum atomic E-state index is 5.72. The zero-order valence-electron chi connectivity index (χ0n) is 8.76. The Kier molecular flexibility index (Phi) is 3.00. The van der Waals surface area contributed by atoms with E-state index in [-0.39, 0.29) is 11.2 Å². The summed E-state index contributed by atoms with van der Waals surface area (Å²) >= 11 is 5.72. The van der Waals surface area contributed by atoms with E-state index < -0.39 is 0 Å². The van der Waals surface area contributed by atoms with E-state index in [1.807, 2.05) is 0 Å². The Morgan fingerprint density at radius 1 is 1.38 bits per heavy atom. The molecule has 0 bridgehead atoms. The zero-order chi connectivity index (χ0) is 11.5. The lowest BCUT2D eigenvalue weighted by Crippen LogP contribution is -2.08. The SMILES string of the molecule is CCCc1nccn1-c1nc(N)nc(Cl)n1. The number of nitrogens with zero attached hydrogens (tertiary/aromatic N) is 5. The highest BCUT2D eigenvalue weighted by molar-refractivity contribution is 6.28. The van der Waals surface area contributed by atoms with Crippen LogP contribution in [-0.4, -0.2) is 24.5 Å². The standard InChI is InChI=1S/C9H11ClN6/c1-2-3-6-12-4-5-16(6)9-14-7(10)13-8(11)15-9/h4-5H,2-3H2,1H3,(H2,11,13,14,15). The molecule has 0 saturated carbocycles. The van der Waals surface area contributed by atoms with E-state index in [4.69, 9.17) is 17.3 Å². The van der Waals surface area contributed by atoms with Crippen LogP contribution < -0.4 is 5.73 Å². The van der Waals surface area contributed by atoms with Gasteiger partial charge in [-0.3, -0.25) is 4.57 Å². The Balaban J connectivity index is 2.45. The Labute approximate surface area is 97.5 Å². The minimum absolute atomic E-state index is 0.0821. The molecule has 2 aromatic heterocycles. The molecular weight excluding hydrogens is 228 g/mol. The average molecular weight is 239 g/mol. The van der Waals surface area contributed by atoms with E-state index in [1.54, 1.807) is 17.0 Å². The highest BCUT2D eigenvalue weighted by Gasteiger charge is 2.08. The van der Waals surface area contributed by atoms with Gasteiger partial charge in [0.1, 0.15) is 5.82 Å². The van der Waals surface area contributed by atoms with Crippen LogP contribution in [0.3, 0.4) is 0 Å². The molecule has 0 aromatic carbocycles. The van der Waals surface area contributed by atoms with Crippen LogP contribution in [0.15, 0.2) is 12.4 Å². The van der Waals surface area contributed by atoms with Gasteiger partial charge < -0.3 is 5.73 Å². The fourth-order valence-corrected chi connectivity index (χ4v) is 1.55. The van der Waals surface area contributed by atoms with Crippen LogP contribution in [0.5, 0.6) is 0 Å². The number of hydrogen-bond donors (Lipinski definition) is 1. The largest absolute Gasteiger partial charge is 0.368 e. The van der Waals surface area contributed by atoms with Crippen molar-refractivity contribution in [1.82, 2.24) is 24.5 Å². The van der Waals surface area contributed by atoms with Gasteiger partial charge in [-0.2, -0.15) is 15.0 Å². The molecule has 2 N–H and O–H groups in total. The van der Waals surface area contributed by atoms with Gasteiger partial charge in [0.25, 0.3) is 0 Å². The highest BCUT2D eigenvalue weighted by atomic mass is 35.5. The highest BCUT2D eigenvalue weighted by Crippen LogP contribution is 2.10. The average Bonchev–Trinajstić information content (AvgIpc) is 2.65. The van der Waals surface area contributed by atoms with Gasteiger partial charge in [-0.1, -0.05) is 6.92 Å². The van der Waals surface area contributed by atoms with Gasteiger partial charge >= 0.3 is 0 Å². The van der Waals surface area contributed by atoms with Crippen LogP contribution in [0.2, 0.25) is 5.28 Å². The van der Waals surface area contributed by atoms with Crippen molar-refractivity contribution in [2.45, 2.75) is 19.8 Å². The summed E-state index contributed by atoms with van der Waals surface area (Å²) in [6.45, 7) is 2.08. The molecule has 0 unspecified atom stereocenters. The summed E-state index contributed by atoms with van der Waals surface area (Å²) in [4.78, 5) is 15.9. The van der Waals surface area contributed by atoms with Crippen LogP contribution in [0.25, 0.3) is 5.95 Å². The van der Waals surface area contributed by atoms with Crippen molar-refractivity contribution in [3.63, 3.8) is 0 Å². The van der Waals surface area contributed by atoms with Gasteiger partial charge in [0, 0.05) is 18.8 Å². The summed E-state index contributed by atoms with van der Waals surface area (Å²) in [5.74, 6) is 1.38. The molecule has 7 heteroatoms. The third-order valence-electron chi connectivity index (χ3n) is 2.02. The summed E-state index contributed by atoms with van der Waals surface area (Å²) in [5, 5.41) is 0.0821. The summed E-state index contributed by atoms with van der Waals surface area (Å²) in [6.07, 6.45) is 5.30. The lowest BCUT2D eigenvalue weighted by Gasteiger charge is -2.05. The number of aromatic nitrogens is 5. The molecule has 2 rings (SSSR count). The van der Waals surface area contributed by atoms with Gasteiger partial charge in [0.2, 0.25) is 17.2 Å². The van der Waals surface area contributed by atoms with Gasteiger partial charge in [-0.25, -0.2) is 4.98 Å². The normalized spacial score (nSPS) is 10.6. The Morgan fingerprint density at radius 2 is 2.19 bits per heavy atom. The van der Waals surface area contributed by atoms with E-state index in [0.29, 0.717) is 5.95 Å². The smallest absolute Gasteiger partial charge is 0.241 e. The lowest BCUT2D eigenvalue weighted by molar-refractivity contribution is 0.778. The van der Waals surface area contributed by atoms with Crippen molar-refractivity contribution in [2.75, 3.05) is 5.73 Å². The molecule has 0 atom stereocenters. The molecule has 2 heterocycles. The van der Waals surface area contributed by atoms with Crippen LogP contribution in [-0.2, 0) is 6.42 Å². The predicted octanol–water partition coefficient (Wildman–Crippen LogP) is 1.25. The predicted molar refractivity (Wildman–Crippen MR) is 60.4 cm³/mol. The molecule has 0 saturated heterocycles. The molecule has 0 amide bonds. The van der Waals surface area contributed by atoms with Crippen molar-refractivity contribution in [3.8, 4) is 5.95 Å². The van der Waals surface area contributed by atoms with Crippen LogP contribution in [0.4, 0.5) is 5.95 Å². The topological polar surface area (TPSA) is 82.5 Å². The first-order chi connectivity index (χ1) is 7.70. The second-order valence-corrected chi connectivity index (χ2v) is 3.56. The number of nitrogens with two attached hydrogens (primary N) is 1. The number of halogens is 1. The Hall–Kier alpha value is -1.69. The first kappa shape index (κ1) is 10.8. The summed E-state index contributed by atoms with van der Waals surface area (Å²) in [7, 11) is 0. The minimum atomic E-state index is 0.0821. The summed E-state index contributed by atoms with van der Waals surface area (Å²) < 4.78 is 1.76. The number of aryl methyl sites for hydroxylation is 1. The van der Waals surface area contributed by atoms with Crippen LogP contribution in [0.1, 0.15) is 19.2 Å². The molecule has 0 aliphatic heterocycles. The summed E-state index contributed by atoms with van der Waals surface area (Å²) in [6, 6.07) is 0. The first-order valence-corrected chi connectivity index (χ1v) is 5.28. The maximum Gasteiger partial charge on any atom is 0.241 e. The van der Waals surface area contributed by atoms with Gasteiger partial charge in [-0.05, 0) is 18.0 Å². The summed E-state index contributed by atoms with van der Waals surface area (Å²) in [5.41, 5.74) is 5.51. The van der Waals surface area contributed by atoms with E-state index >= 15 is 0 Å². The van der Waals surface area contributed by atoms with E-state index in [1.165, 1.54) is 0 Å². The van der Waals surface area contributed by atoms with E-state index in [9.17, 15) is 0 Å². The molecule has 6 nitrogen and oxygen atoms in total. The fraction of sp³-hybridized carbons (Fsp3) is 0.333. The third kappa shape index (κ3) is 2.11. The Bertz CT molecular complexity index is 474. The first-order valence-electron chi connectivity index (χ1n) is 4.90. The number of hydrogen-bond acceptors (Lipinski definition) is 5. The number of anilines is 1. The minimum Gasteiger partial charge on any atom is -0.368 e. The zero-order valence-corrected chi connectivity index (χ0v) is 9.52. The number of nitrogen functional groups attached to an aromatic ring is 1. The third-order valence-corrected chi connectivity index (χ3v) is 2.19. The van der Waals surface area contributed by atoms with Gasteiger partial charge in [-0.15, -0.1) is 0 Å². The van der Waals surface area contributed by atoms with Crippen molar-refractivity contribution in [3.05, 3.63) is 23.5 Å². The molecule has 0 spiro atoms. The lowest BCUT2D eigenvalue weighted by atomic mass is 10.3. The quantitative estimate of drug-likeness (QED) is 0.870. The van der Waals surface area contributed by atoms with Crippen molar-refractivity contribution < 1.29 is 0 Å².